The lowest BCUT2D eigenvalue weighted by Gasteiger charge is -2.07. The Hall–Kier alpha value is -1.35. The maximum Gasteiger partial charge on any atom is 0.223 e. The molecule has 0 unspecified atom stereocenters. The summed E-state index contributed by atoms with van der Waals surface area (Å²) in [5.41, 5.74) is 2.42. The smallest absolute Gasteiger partial charge is 0.218 e. The Kier molecular flexibility index (Phi) is 3.31. The van der Waals surface area contributed by atoms with E-state index in [-0.39, 0.29) is 5.28 Å². The normalized spacial score (nSPS) is 10.9. The van der Waals surface area contributed by atoms with Crippen LogP contribution in [0.15, 0.2) is 42.5 Å². The highest BCUT2D eigenvalue weighted by Crippen LogP contribution is 2.29. The highest BCUT2D eigenvalue weighted by molar-refractivity contribution is 6.32. The first-order chi connectivity index (χ1) is 9.13. The van der Waals surface area contributed by atoms with E-state index in [1.54, 1.807) is 6.07 Å². The van der Waals surface area contributed by atoms with E-state index in [2.05, 4.69) is 9.97 Å². The van der Waals surface area contributed by atoms with Crippen LogP contribution in [0.2, 0.25) is 15.3 Å². The third kappa shape index (κ3) is 2.52. The second-order valence-electron chi connectivity index (χ2n) is 4.01. The number of hydrogen-bond acceptors (Lipinski definition) is 2. The summed E-state index contributed by atoms with van der Waals surface area (Å²) in [6, 6.07) is 12.8. The quantitative estimate of drug-likeness (QED) is 0.573. The third-order valence-electron chi connectivity index (χ3n) is 2.75. The van der Waals surface area contributed by atoms with Gasteiger partial charge in [0, 0.05) is 21.0 Å². The predicted molar refractivity (Wildman–Crippen MR) is 80.0 cm³/mol. The zero-order valence-corrected chi connectivity index (χ0v) is 11.8. The van der Waals surface area contributed by atoms with Crippen LogP contribution in [-0.2, 0) is 0 Å². The molecule has 0 bridgehead atoms. The lowest BCUT2D eigenvalue weighted by Crippen LogP contribution is -1.91. The summed E-state index contributed by atoms with van der Waals surface area (Å²) >= 11 is 17.9. The van der Waals surface area contributed by atoms with Gasteiger partial charge in [-0.2, -0.15) is 0 Å². The minimum atomic E-state index is 0.208. The molecule has 0 N–H and O–H groups in total. The molecule has 1 heterocycles. The molecule has 0 aliphatic heterocycles. The van der Waals surface area contributed by atoms with Crippen molar-refractivity contribution < 1.29 is 0 Å². The van der Waals surface area contributed by atoms with Gasteiger partial charge in [0.25, 0.3) is 0 Å². The van der Waals surface area contributed by atoms with Crippen LogP contribution in [0.1, 0.15) is 0 Å². The van der Waals surface area contributed by atoms with E-state index < -0.39 is 0 Å². The lowest BCUT2D eigenvalue weighted by molar-refractivity contribution is 1.22. The van der Waals surface area contributed by atoms with Crippen molar-refractivity contribution in [1.29, 1.82) is 0 Å². The van der Waals surface area contributed by atoms with Crippen molar-refractivity contribution in [3.8, 4) is 11.3 Å². The van der Waals surface area contributed by atoms with E-state index in [0.717, 1.165) is 22.2 Å². The molecule has 0 aliphatic carbocycles. The first-order valence-corrected chi connectivity index (χ1v) is 6.65. The van der Waals surface area contributed by atoms with Gasteiger partial charge >= 0.3 is 0 Å². The van der Waals surface area contributed by atoms with Crippen molar-refractivity contribution >= 4 is 45.7 Å². The molecule has 3 rings (SSSR count). The van der Waals surface area contributed by atoms with Crippen molar-refractivity contribution in [3.63, 3.8) is 0 Å². The number of fused-ring (bicyclic) bond motifs is 1. The molecule has 3 aromatic rings. The number of hydrogen-bond donors (Lipinski definition) is 0. The van der Waals surface area contributed by atoms with Gasteiger partial charge in [-0.3, -0.25) is 0 Å². The summed E-state index contributed by atoms with van der Waals surface area (Å²) in [7, 11) is 0. The Labute approximate surface area is 125 Å². The Balaban J connectivity index is 2.32. The molecule has 0 aliphatic rings. The Bertz CT molecular complexity index is 754. The van der Waals surface area contributed by atoms with E-state index in [0.29, 0.717) is 10.0 Å². The van der Waals surface area contributed by atoms with Crippen LogP contribution in [0.25, 0.3) is 22.2 Å². The summed E-state index contributed by atoms with van der Waals surface area (Å²) in [6.45, 7) is 0. The first-order valence-electron chi connectivity index (χ1n) is 5.52. The lowest BCUT2D eigenvalue weighted by atomic mass is 10.1. The molecule has 0 saturated heterocycles. The molecule has 19 heavy (non-hydrogen) atoms. The number of halogens is 3. The van der Waals surface area contributed by atoms with E-state index in [1.807, 2.05) is 36.4 Å². The molecule has 2 nitrogen and oxygen atoms in total. The second-order valence-corrected chi connectivity index (χ2v) is 5.22. The number of rotatable bonds is 1. The van der Waals surface area contributed by atoms with E-state index in [1.165, 1.54) is 0 Å². The zero-order chi connectivity index (χ0) is 13.4. The fraction of sp³-hybridized carbons (Fsp3) is 0. The molecule has 5 heteroatoms. The van der Waals surface area contributed by atoms with Crippen molar-refractivity contribution in [1.82, 2.24) is 9.97 Å². The molecule has 0 atom stereocenters. The summed E-state index contributed by atoms with van der Waals surface area (Å²) in [5, 5.41) is 2.37. The van der Waals surface area contributed by atoms with Gasteiger partial charge in [-0.25, -0.2) is 9.97 Å². The van der Waals surface area contributed by atoms with Crippen LogP contribution in [0, 0.1) is 0 Å². The SMILES string of the molecule is Clc1ccc(-c2nc(Cl)nc3ccc(Cl)cc23)cc1. The summed E-state index contributed by atoms with van der Waals surface area (Å²) in [6.07, 6.45) is 0. The number of aromatic nitrogens is 2. The average molecular weight is 310 g/mol. The van der Waals surface area contributed by atoms with Gasteiger partial charge in [0.15, 0.2) is 0 Å². The Morgan fingerprint density at radius 3 is 2.16 bits per heavy atom. The van der Waals surface area contributed by atoms with E-state index in [4.69, 9.17) is 34.8 Å². The number of nitrogens with zero attached hydrogens (tertiary/aromatic N) is 2. The minimum Gasteiger partial charge on any atom is -0.218 e. The van der Waals surface area contributed by atoms with E-state index >= 15 is 0 Å². The van der Waals surface area contributed by atoms with Gasteiger partial charge < -0.3 is 0 Å². The van der Waals surface area contributed by atoms with Crippen LogP contribution in [-0.4, -0.2) is 9.97 Å². The van der Waals surface area contributed by atoms with Gasteiger partial charge in [-0.05, 0) is 41.9 Å². The van der Waals surface area contributed by atoms with Crippen molar-refractivity contribution in [2.75, 3.05) is 0 Å². The molecule has 0 radical (unpaired) electrons. The van der Waals surface area contributed by atoms with Crippen LogP contribution < -0.4 is 0 Å². The van der Waals surface area contributed by atoms with Gasteiger partial charge in [-0.15, -0.1) is 0 Å². The molecule has 94 valence electrons. The Morgan fingerprint density at radius 1 is 0.737 bits per heavy atom. The predicted octanol–water partition coefficient (Wildman–Crippen LogP) is 5.26. The van der Waals surface area contributed by atoms with Gasteiger partial charge in [-0.1, -0.05) is 35.3 Å². The zero-order valence-electron chi connectivity index (χ0n) is 9.57. The maximum atomic E-state index is 6.03. The molecular weight excluding hydrogens is 303 g/mol. The van der Waals surface area contributed by atoms with E-state index in [9.17, 15) is 0 Å². The Morgan fingerprint density at radius 2 is 1.42 bits per heavy atom. The molecular formula is C14H7Cl3N2. The highest BCUT2D eigenvalue weighted by Gasteiger charge is 2.09. The summed E-state index contributed by atoms with van der Waals surface area (Å²) < 4.78 is 0. The van der Waals surface area contributed by atoms with Crippen molar-refractivity contribution in [3.05, 3.63) is 57.8 Å². The molecule has 0 amide bonds. The highest BCUT2D eigenvalue weighted by atomic mass is 35.5. The van der Waals surface area contributed by atoms with Crippen molar-refractivity contribution in [2.24, 2.45) is 0 Å². The van der Waals surface area contributed by atoms with Crippen LogP contribution in [0.3, 0.4) is 0 Å². The minimum absolute atomic E-state index is 0.208. The largest absolute Gasteiger partial charge is 0.223 e. The topological polar surface area (TPSA) is 25.8 Å². The maximum absolute atomic E-state index is 6.03. The fourth-order valence-electron chi connectivity index (χ4n) is 1.90. The number of benzene rings is 2. The van der Waals surface area contributed by atoms with Gasteiger partial charge in [0.05, 0.1) is 11.2 Å². The molecule has 1 aromatic heterocycles. The fourth-order valence-corrected chi connectivity index (χ4v) is 2.37. The molecule has 2 aromatic carbocycles. The van der Waals surface area contributed by atoms with Gasteiger partial charge in [0.1, 0.15) is 0 Å². The van der Waals surface area contributed by atoms with Gasteiger partial charge in [0.2, 0.25) is 5.28 Å². The first kappa shape index (κ1) is 12.7. The molecule has 0 spiro atoms. The van der Waals surface area contributed by atoms with Crippen LogP contribution in [0.5, 0.6) is 0 Å². The standard InChI is InChI=1S/C14H7Cl3N2/c15-9-3-1-8(2-4-9)13-11-7-10(16)5-6-12(11)18-14(17)19-13/h1-7H. The van der Waals surface area contributed by atoms with Crippen molar-refractivity contribution in [2.45, 2.75) is 0 Å². The third-order valence-corrected chi connectivity index (χ3v) is 3.40. The van der Waals surface area contributed by atoms with Crippen LogP contribution in [0.4, 0.5) is 0 Å². The van der Waals surface area contributed by atoms with Crippen LogP contribution >= 0.6 is 34.8 Å². The monoisotopic (exact) mass is 308 g/mol. The summed E-state index contributed by atoms with van der Waals surface area (Å²) in [5.74, 6) is 0. The average Bonchev–Trinajstić information content (AvgIpc) is 2.39. The molecule has 0 fully saturated rings. The second kappa shape index (κ2) is 4.97. The summed E-state index contributed by atoms with van der Waals surface area (Å²) in [4.78, 5) is 8.49. The molecule has 0 saturated carbocycles.